The number of carbonyl (C=O) groups excluding carboxylic acids is 1. The number of hydrogen-bond acceptors (Lipinski definition) is 3. The minimum atomic E-state index is -1.19. The fourth-order valence-corrected chi connectivity index (χ4v) is 2.81. The summed E-state index contributed by atoms with van der Waals surface area (Å²) >= 11 is 0. The van der Waals surface area contributed by atoms with Crippen LogP contribution in [-0.2, 0) is 21.4 Å². The molecular formula is C19H19NO4. The molecule has 2 atom stereocenters. The van der Waals surface area contributed by atoms with Gasteiger partial charge < -0.3 is 15.2 Å². The lowest BCUT2D eigenvalue weighted by Gasteiger charge is -2.26. The van der Waals surface area contributed by atoms with E-state index in [1.165, 1.54) is 0 Å². The molecule has 0 bridgehead atoms. The second-order valence-corrected chi connectivity index (χ2v) is 6.14. The number of carboxylic acids is 1. The van der Waals surface area contributed by atoms with E-state index in [4.69, 9.17) is 4.74 Å². The smallest absolute Gasteiger partial charge is 0.315 e. The zero-order chi connectivity index (χ0) is 17.2. The van der Waals surface area contributed by atoms with E-state index in [0.717, 1.165) is 5.56 Å². The molecule has 1 heterocycles. The number of amides is 1. The average Bonchev–Trinajstić information content (AvgIpc) is 3.04. The van der Waals surface area contributed by atoms with Crippen LogP contribution in [0.1, 0.15) is 18.1 Å². The Morgan fingerprint density at radius 3 is 2.50 bits per heavy atom. The molecule has 0 radical (unpaired) electrons. The molecule has 2 unspecified atom stereocenters. The van der Waals surface area contributed by atoms with Gasteiger partial charge in [0.2, 0.25) is 0 Å². The number of nitrogens with one attached hydrogen (secondary N) is 1. The van der Waals surface area contributed by atoms with Gasteiger partial charge in [-0.25, -0.2) is 0 Å². The van der Waals surface area contributed by atoms with Crippen molar-refractivity contribution in [2.24, 2.45) is 0 Å². The number of carboxylic acid groups (broad SMARTS) is 1. The molecule has 5 nitrogen and oxygen atoms in total. The highest BCUT2D eigenvalue weighted by atomic mass is 16.5. The van der Waals surface area contributed by atoms with Gasteiger partial charge in [0.05, 0.1) is 0 Å². The maximum atomic E-state index is 12.4. The maximum absolute atomic E-state index is 12.4. The first-order valence-electron chi connectivity index (χ1n) is 7.82. The third-order valence-corrected chi connectivity index (χ3v) is 4.44. The van der Waals surface area contributed by atoms with Crippen molar-refractivity contribution in [3.63, 3.8) is 0 Å². The predicted molar refractivity (Wildman–Crippen MR) is 89.0 cm³/mol. The number of carbonyl (C=O) groups is 2. The van der Waals surface area contributed by atoms with E-state index in [1.807, 2.05) is 30.3 Å². The van der Waals surface area contributed by atoms with E-state index in [1.54, 1.807) is 31.2 Å². The normalized spacial score (nSPS) is 18.1. The Morgan fingerprint density at radius 2 is 1.83 bits per heavy atom. The quantitative estimate of drug-likeness (QED) is 0.883. The van der Waals surface area contributed by atoms with E-state index in [0.29, 0.717) is 17.7 Å². The molecular weight excluding hydrogens is 306 g/mol. The van der Waals surface area contributed by atoms with Crippen LogP contribution in [0.2, 0.25) is 0 Å². The first-order chi connectivity index (χ1) is 11.5. The van der Waals surface area contributed by atoms with E-state index in [-0.39, 0.29) is 12.5 Å². The molecule has 2 aromatic carbocycles. The molecule has 0 spiro atoms. The zero-order valence-corrected chi connectivity index (χ0v) is 13.4. The summed E-state index contributed by atoms with van der Waals surface area (Å²) in [4.78, 5) is 24.1. The molecule has 2 aromatic rings. The van der Waals surface area contributed by atoms with Crippen LogP contribution < -0.4 is 10.1 Å². The lowest BCUT2D eigenvalue weighted by atomic mass is 9.82. The van der Waals surface area contributed by atoms with E-state index in [2.05, 4.69) is 5.32 Å². The van der Waals surface area contributed by atoms with Crippen molar-refractivity contribution < 1.29 is 19.4 Å². The second kappa shape index (κ2) is 6.35. The lowest BCUT2D eigenvalue weighted by Crippen LogP contribution is -2.47. The SMILES string of the molecule is CC(CNC(=O)C1Cc2ccccc2O1)(C(=O)O)c1ccccc1. The van der Waals surface area contributed by atoms with Crippen molar-refractivity contribution in [3.8, 4) is 5.75 Å². The Kier molecular flexibility index (Phi) is 4.25. The maximum Gasteiger partial charge on any atom is 0.315 e. The number of ether oxygens (including phenoxy) is 1. The zero-order valence-electron chi connectivity index (χ0n) is 13.4. The van der Waals surface area contributed by atoms with Gasteiger partial charge in [0.25, 0.3) is 5.91 Å². The summed E-state index contributed by atoms with van der Waals surface area (Å²) in [5.41, 5.74) is 0.442. The highest BCUT2D eigenvalue weighted by molar-refractivity contribution is 5.85. The van der Waals surface area contributed by atoms with Crippen molar-refractivity contribution in [1.29, 1.82) is 0 Å². The second-order valence-electron chi connectivity index (χ2n) is 6.14. The summed E-state index contributed by atoms with van der Waals surface area (Å²) in [6.45, 7) is 1.61. The van der Waals surface area contributed by atoms with Gasteiger partial charge in [-0.05, 0) is 24.1 Å². The summed E-state index contributed by atoms with van der Waals surface area (Å²) in [6, 6.07) is 16.4. The Hall–Kier alpha value is -2.82. The fourth-order valence-electron chi connectivity index (χ4n) is 2.81. The Labute approximate surface area is 140 Å². The van der Waals surface area contributed by atoms with Crippen molar-refractivity contribution in [2.45, 2.75) is 24.9 Å². The first kappa shape index (κ1) is 16.1. The molecule has 3 rings (SSSR count). The van der Waals surface area contributed by atoms with Gasteiger partial charge in [0.15, 0.2) is 6.10 Å². The summed E-state index contributed by atoms with van der Waals surface area (Å²) in [7, 11) is 0. The molecule has 0 aromatic heterocycles. The third-order valence-electron chi connectivity index (χ3n) is 4.44. The van der Waals surface area contributed by atoms with Crippen LogP contribution in [0.5, 0.6) is 5.75 Å². The summed E-state index contributed by atoms with van der Waals surface area (Å²) in [5.74, 6) is -0.569. The monoisotopic (exact) mass is 325 g/mol. The van der Waals surface area contributed by atoms with Crippen molar-refractivity contribution in [1.82, 2.24) is 5.32 Å². The van der Waals surface area contributed by atoms with Gasteiger partial charge in [0, 0.05) is 13.0 Å². The molecule has 0 fully saturated rings. The third kappa shape index (κ3) is 2.97. The molecule has 0 saturated heterocycles. The van der Waals surface area contributed by atoms with Gasteiger partial charge in [-0.3, -0.25) is 9.59 Å². The summed E-state index contributed by atoms with van der Waals surface area (Å²) in [5, 5.41) is 12.4. The molecule has 1 aliphatic heterocycles. The van der Waals surface area contributed by atoms with Gasteiger partial charge in [0.1, 0.15) is 11.2 Å². The number of para-hydroxylation sites is 1. The first-order valence-corrected chi connectivity index (χ1v) is 7.82. The van der Waals surface area contributed by atoms with Crippen LogP contribution in [0.3, 0.4) is 0 Å². The topological polar surface area (TPSA) is 75.6 Å². The molecule has 1 amide bonds. The van der Waals surface area contributed by atoms with Crippen LogP contribution in [0.15, 0.2) is 54.6 Å². The number of benzene rings is 2. The lowest BCUT2D eigenvalue weighted by molar-refractivity contribution is -0.143. The highest BCUT2D eigenvalue weighted by Gasteiger charge is 2.37. The van der Waals surface area contributed by atoms with Crippen LogP contribution in [0.25, 0.3) is 0 Å². The minimum Gasteiger partial charge on any atom is -0.481 e. The van der Waals surface area contributed by atoms with Crippen molar-refractivity contribution in [3.05, 3.63) is 65.7 Å². The molecule has 0 saturated carbocycles. The number of fused-ring (bicyclic) bond motifs is 1. The number of aliphatic carboxylic acids is 1. The highest BCUT2D eigenvalue weighted by Crippen LogP contribution is 2.28. The van der Waals surface area contributed by atoms with Gasteiger partial charge >= 0.3 is 5.97 Å². The average molecular weight is 325 g/mol. The number of hydrogen-bond donors (Lipinski definition) is 2. The van der Waals surface area contributed by atoms with Crippen LogP contribution in [-0.4, -0.2) is 29.6 Å². The van der Waals surface area contributed by atoms with Crippen LogP contribution in [0.4, 0.5) is 0 Å². The van der Waals surface area contributed by atoms with E-state index >= 15 is 0 Å². The van der Waals surface area contributed by atoms with Crippen molar-refractivity contribution >= 4 is 11.9 Å². The fraction of sp³-hybridized carbons (Fsp3) is 0.263. The van der Waals surface area contributed by atoms with Gasteiger partial charge in [-0.2, -0.15) is 0 Å². The van der Waals surface area contributed by atoms with Crippen LogP contribution >= 0.6 is 0 Å². The Bertz CT molecular complexity index is 734. The molecule has 1 aliphatic rings. The molecule has 0 aliphatic carbocycles. The van der Waals surface area contributed by atoms with Gasteiger partial charge in [-0.1, -0.05) is 48.5 Å². The molecule has 24 heavy (non-hydrogen) atoms. The van der Waals surface area contributed by atoms with E-state index < -0.39 is 17.5 Å². The largest absolute Gasteiger partial charge is 0.481 e. The van der Waals surface area contributed by atoms with Crippen LogP contribution in [0, 0.1) is 0 Å². The molecule has 5 heteroatoms. The summed E-state index contributed by atoms with van der Waals surface area (Å²) in [6.07, 6.45) is -0.117. The molecule has 2 N–H and O–H groups in total. The summed E-state index contributed by atoms with van der Waals surface area (Å²) < 4.78 is 5.64. The Morgan fingerprint density at radius 1 is 1.17 bits per heavy atom. The predicted octanol–water partition coefficient (Wildman–Crippen LogP) is 2.15. The Balaban J connectivity index is 1.68. The van der Waals surface area contributed by atoms with Crippen molar-refractivity contribution in [2.75, 3.05) is 6.54 Å². The number of rotatable bonds is 5. The van der Waals surface area contributed by atoms with Gasteiger partial charge in [-0.15, -0.1) is 0 Å². The minimum absolute atomic E-state index is 0.00137. The molecule has 124 valence electrons. The standard InChI is InChI=1S/C19H19NO4/c1-19(18(22)23,14-8-3-2-4-9-14)12-20-17(21)16-11-13-7-5-6-10-15(13)24-16/h2-10,16H,11-12H2,1H3,(H,20,21)(H,22,23). The van der Waals surface area contributed by atoms with E-state index in [9.17, 15) is 14.7 Å².